The van der Waals surface area contributed by atoms with Crippen molar-refractivity contribution < 1.29 is 23.8 Å². The van der Waals surface area contributed by atoms with Gasteiger partial charge in [-0.05, 0) is 13.8 Å². The third kappa shape index (κ3) is 9.84. The number of esters is 1. The number of carbonyl (C=O) groups excluding carboxylic acids is 2. The molecule has 1 N–H and O–H groups in total. The molecule has 19 heavy (non-hydrogen) atoms. The third-order valence-corrected chi connectivity index (χ3v) is 2.06. The Morgan fingerprint density at radius 2 is 1.84 bits per heavy atom. The molecule has 0 saturated heterocycles. The lowest BCUT2D eigenvalue weighted by atomic mass is 10.1. The van der Waals surface area contributed by atoms with Crippen LogP contribution in [0.4, 0.5) is 4.79 Å². The van der Waals surface area contributed by atoms with Gasteiger partial charge in [-0.3, -0.25) is 0 Å². The molecular weight excluding hydrogens is 250 g/mol. The van der Waals surface area contributed by atoms with Crippen LogP contribution in [0.3, 0.4) is 0 Å². The third-order valence-electron chi connectivity index (χ3n) is 2.06. The summed E-state index contributed by atoms with van der Waals surface area (Å²) in [6, 6.07) is 0. The molecule has 0 saturated carbocycles. The van der Waals surface area contributed by atoms with Crippen LogP contribution < -0.4 is 5.32 Å². The van der Waals surface area contributed by atoms with E-state index in [9.17, 15) is 9.59 Å². The Kier molecular flexibility index (Phi) is 8.28. The van der Waals surface area contributed by atoms with Crippen LogP contribution in [0.5, 0.6) is 0 Å². The number of alkyl carbamates (subject to hydrolysis) is 1. The fraction of sp³-hybridized carbons (Fsp3) is 0.538. The lowest BCUT2D eigenvalue weighted by Crippen LogP contribution is -2.30. The molecule has 0 spiro atoms. The molecule has 6 nitrogen and oxygen atoms in total. The van der Waals surface area contributed by atoms with Gasteiger partial charge in [-0.1, -0.05) is 12.7 Å². The van der Waals surface area contributed by atoms with Crippen molar-refractivity contribution in [2.75, 3.05) is 26.4 Å². The van der Waals surface area contributed by atoms with E-state index in [1.165, 1.54) is 0 Å². The zero-order valence-corrected chi connectivity index (χ0v) is 11.4. The number of hydrogen-bond donors (Lipinski definition) is 1. The molecule has 0 atom stereocenters. The Bertz CT molecular complexity index is 325. The summed E-state index contributed by atoms with van der Waals surface area (Å²) in [7, 11) is 0. The quantitative estimate of drug-likeness (QED) is 0.297. The minimum absolute atomic E-state index is 0.0694. The highest BCUT2D eigenvalue weighted by molar-refractivity contribution is 5.81. The molecule has 1 amide bonds. The average molecular weight is 271 g/mol. The van der Waals surface area contributed by atoms with E-state index in [0.717, 1.165) is 6.08 Å². The number of hydrogen-bond acceptors (Lipinski definition) is 5. The molecule has 6 heteroatoms. The first-order valence-corrected chi connectivity index (χ1v) is 5.88. The second-order valence-corrected chi connectivity index (χ2v) is 4.09. The zero-order valence-electron chi connectivity index (χ0n) is 11.4. The second-order valence-electron chi connectivity index (χ2n) is 4.09. The maximum absolute atomic E-state index is 11.2. The fourth-order valence-electron chi connectivity index (χ4n) is 0.913. The van der Waals surface area contributed by atoms with E-state index in [4.69, 9.17) is 9.47 Å². The Labute approximate surface area is 113 Å². The Hall–Kier alpha value is -1.82. The average Bonchev–Trinajstić information content (AvgIpc) is 2.39. The SMILES string of the molecule is C=CC(=O)OCCNC(=O)OCCOC(C)(C)C=C. The van der Waals surface area contributed by atoms with E-state index in [0.29, 0.717) is 0 Å². The molecule has 0 unspecified atom stereocenters. The molecule has 0 radical (unpaired) electrons. The Morgan fingerprint density at radius 3 is 2.42 bits per heavy atom. The summed E-state index contributed by atoms with van der Waals surface area (Å²) in [5.41, 5.74) is -0.446. The summed E-state index contributed by atoms with van der Waals surface area (Å²) in [4.78, 5) is 21.9. The maximum atomic E-state index is 11.2. The predicted molar refractivity (Wildman–Crippen MR) is 70.7 cm³/mol. The lowest BCUT2D eigenvalue weighted by Gasteiger charge is -2.20. The first-order chi connectivity index (χ1) is 8.91. The molecule has 0 aliphatic heterocycles. The van der Waals surface area contributed by atoms with Gasteiger partial charge in [0.2, 0.25) is 0 Å². The number of amides is 1. The highest BCUT2D eigenvalue weighted by Crippen LogP contribution is 2.08. The molecule has 0 rings (SSSR count). The fourth-order valence-corrected chi connectivity index (χ4v) is 0.913. The summed E-state index contributed by atoms with van der Waals surface area (Å²) in [5, 5.41) is 2.43. The largest absolute Gasteiger partial charge is 0.461 e. The van der Waals surface area contributed by atoms with Crippen LogP contribution in [0.2, 0.25) is 0 Å². The van der Waals surface area contributed by atoms with Crippen molar-refractivity contribution in [2.24, 2.45) is 0 Å². The minimum Gasteiger partial charge on any atom is -0.461 e. The van der Waals surface area contributed by atoms with Gasteiger partial charge in [0.05, 0.1) is 18.8 Å². The monoisotopic (exact) mass is 271 g/mol. The minimum atomic E-state index is -0.588. The number of ether oxygens (including phenoxy) is 3. The number of carbonyl (C=O) groups is 2. The topological polar surface area (TPSA) is 73.9 Å². The van der Waals surface area contributed by atoms with Gasteiger partial charge in [-0.2, -0.15) is 0 Å². The first-order valence-electron chi connectivity index (χ1n) is 5.88. The van der Waals surface area contributed by atoms with Crippen molar-refractivity contribution in [3.63, 3.8) is 0 Å². The first kappa shape index (κ1) is 17.2. The Morgan fingerprint density at radius 1 is 1.16 bits per heavy atom. The van der Waals surface area contributed by atoms with E-state index in [-0.39, 0.29) is 26.4 Å². The molecule has 108 valence electrons. The molecule has 0 aromatic heterocycles. The smallest absolute Gasteiger partial charge is 0.407 e. The predicted octanol–water partition coefficient (Wildman–Crippen LogP) is 1.42. The molecular formula is C13H21NO5. The van der Waals surface area contributed by atoms with Gasteiger partial charge in [0.15, 0.2) is 0 Å². The van der Waals surface area contributed by atoms with Crippen LogP contribution in [-0.4, -0.2) is 44.0 Å². The number of nitrogens with one attached hydrogen (secondary N) is 1. The van der Waals surface area contributed by atoms with Crippen molar-refractivity contribution in [3.8, 4) is 0 Å². The molecule has 0 aliphatic carbocycles. The standard InChI is InChI=1S/C13H21NO5/c1-5-11(15)17-8-7-14-12(16)18-9-10-19-13(3,4)6-2/h5-6H,1-2,7-10H2,3-4H3,(H,14,16). The van der Waals surface area contributed by atoms with Crippen molar-refractivity contribution in [1.29, 1.82) is 0 Å². The van der Waals surface area contributed by atoms with Gasteiger partial charge in [0, 0.05) is 6.08 Å². The summed E-state index contributed by atoms with van der Waals surface area (Å²) in [5.74, 6) is -0.532. The summed E-state index contributed by atoms with van der Waals surface area (Å²) in [6.45, 7) is 11.2. The molecule has 0 bridgehead atoms. The van der Waals surface area contributed by atoms with Crippen LogP contribution >= 0.6 is 0 Å². The van der Waals surface area contributed by atoms with Gasteiger partial charge in [-0.25, -0.2) is 9.59 Å². The van der Waals surface area contributed by atoms with Crippen molar-refractivity contribution in [1.82, 2.24) is 5.32 Å². The van der Waals surface area contributed by atoms with E-state index in [2.05, 4.69) is 23.2 Å². The van der Waals surface area contributed by atoms with Crippen molar-refractivity contribution in [3.05, 3.63) is 25.3 Å². The zero-order chi connectivity index (χ0) is 14.7. The molecule has 0 aromatic rings. The summed E-state index contributed by atoms with van der Waals surface area (Å²) in [6.07, 6.45) is 2.13. The van der Waals surface area contributed by atoms with Crippen LogP contribution in [0.1, 0.15) is 13.8 Å². The maximum Gasteiger partial charge on any atom is 0.407 e. The van der Waals surface area contributed by atoms with Crippen molar-refractivity contribution >= 4 is 12.1 Å². The van der Waals surface area contributed by atoms with Gasteiger partial charge in [-0.15, -0.1) is 6.58 Å². The van der Waals surface area contributed by atoms with E-state index in [1.54, 1.807) is 6.08 Å². The van der Waals surface area contributed by atoms with E-state index < -0.39 is 17.7 Å². The Balaban J connectivity index is 3.52. The second kappa shape index (κ2) is 9.16. The normalized spacial score (nSPS) is 10.4. The van der Waals surface area contributed by atoms with Crippen LogP contribution in [0.25, 0.3) is 0 Å². The van der Waals surface area contributed by atoms with E-state index >= 15 is 0 Å². The number of rotatable bonds is 9. The van der Waals surface area contributed by atoms with E-state index in [1.807, 2.05) is 13.8 Å². The van der Waals surface area contributed by atoms with Gasteiger partial charge in [0.1, 0.15) is 13.2 Å². The molecule has 0 aliphatic rings. The highest BCUT2D eigenvalue weighted by Gasteiger charge is 2.12. The molecule has 0 fully saturated rings. The highest BCUT2D eigenvalue weighted by atomic mass is 16.6. The summed E-state index contributed by atoms with van der Waals surface area (Å²) < 4.78 is 14.9. The van der Waals surface area contributed by atoms with Crippen LogP contribution in [0, 0.1) is 0 Å². The van der Waals surface area contributed by atoms with Gasteiger partial charge >= 0.3 is 12.1 Å². The van der Waals surface area contributed by atoms with Gasteiger partial charge < -0.3 is 19.5 Å². The van der Waals surface area contributed by atoms with Crippen LogP contribution in [-0.2, 0) is 19.0 Å². The summed E-state index contributed by atoms with van der Waals surface area (Å²) >= 11 is 0. The van der Waals surface area contributed by atoms with Crippen molar-refractivity contribution in [2.45, 2.75) is 19.4 Å². The van der Waals surface area contributed by atoms with Crippen LogP contribution in [0.15, 0.2) is 25.3 Å². The van der Waals surface area contributed by atoms with Gasteiger partial charge in [0.25, 0.3) is 0 Å². The lowest BCUT2D eigenvalue weighted by molar-refractivity contribution is -0.137. The molecule has 0 aromatic carbocycles. The molecule has 0 heterocycles.